The van der Waals surface area contributed by atoms with Gasteiger partial charge in [-0.05, 0) is 30.2 Å². The molecule has 12 heteroatoms. The number of hydrogen-bond acceptors (Lipinski definition) is 8. The maximum atomic E-state index is 13.2. The Hall–Kier alpha value is -3.61. The topological polar surface area (TPSA) is 161 Å². The number of nitrogens with zero attached hydrogens (tertiary/aromatic N) is 4. The Balaban J connectivity index is 1.51. The molecule has 0 saturated carbocycles. The fourth-order valence-electron chi connectivity index (χ4n) is 4.01. The van der Waals surface area contributed by atoms with Gasteiger partial charge in [0, 0.05) is 32.0 Å². The Morgan fingerprint density at radius 1 is 1.08 bits per heavy atom. The zero-order valence-electron chi connectivity index (χ0n) is 19.5. The minimum atomic E-state index is -2.97. The van der Waals surface area contributed by atoms with Crippen molar-refractivity contribution in [1.82, 2.24) is 25.0 Å². The molecule has 0 radical (unpaired) electrons. The van der Waals surface area contributed by atoms with Gasteiger partial charge in [-0.1, -0.05) is 30.3 Å². The van der Waals surface area contributed by atoms with E-state index in [0.29, 0.717) is 25.3 Å². The molecular formula is C24H28N6O5S. The van der Waals surface area contributed by atoms with Crippen LogP contribution in [0.15, 0.2) is 60.9 Å². The maximum Gasteiger partial charge on any atom is 0.255 e. The van der Waals surface area contributed by atoms with E-state index >= 15 is 0 Å². The van der Waals surface area contributed by atoms with Crippen LogP contribution in [0.1, 0.15) is 21.6 Å². The van der Waals surface area contributed by atoms with Gasteiger partial charge in [0.05, 0.1) is 28.8 Å². The van der Waals surface area contributed by atoms with E-state index < -0.39 is 33.8 Å². The lowest BCUT2D eigenvalue weighted by Crippen LogP contribution is -2.50. The summed E-state index contributed by atoms with van der Waals surface area (Å²) >= 11 is 0. The molecule has 3 heterocycles. The summed E-state index contributed by atoms with van der Waals surface area (Å²) in [7, 11) is -2.97. The van der Waals surface area contributed by atoms with E-state index in [1.807, 2.05) is 35.2 Å². The van der Waals surface area contributed by atoms with E-state index in [1.165, 1.54) is 10.9 Å². The van der Waals surface area contributed by atoms with Crippen molar-refractivity contribution in [2.24, 2.45) is 5.73 Å². The number of rotatable bonds is 9. The number of aliphatic hydroxyl groups excluding tert-OH is 1. The zero-order valence-corrected chi connectivity index (χ0v) is 20.3. The number of nitrogens with two attached hydrogens (primary N) is 1. The third-order valence-electron chi connectivity index (χ3n) is 6.00. The molecule has 190 valence electrons. The number of primary amides is 1. The van der Waals surface area contributed by atoms with Crippen molar-refractivity contribution in [3.8, 4) is 5.82 Å². The molecule has 36 heavy (non-hydrogen) atoms. The van der Waals surface area contributed by atoms with Gasteiger partial charge in [-0.3, -0.25) is 14.5 Å². The Labute approximate surface area is 208 Å². The molecule has 4 N–H and O–H groups in total. The summed E-state index contributed by atoms with van der Waals surface area (Å²) in [6, 6.07) is 13.2. The molecule has 4 rings (SSSR count). The fraction of sp³-hybridized carbons (Fsp3) is 0.333. The standard InChI is InChI=1S/C24H28N6O5S/c25-22(32)21(31)20(15-17-5-2-1-3-6-17)27-24(33)19-7-4-9-26-23(19)30-10-8-18(28-30)16-29-11-13-36(34,35)14-12-29/h1-10,20-21,31H,11-16H2,(H2,25,32)(H,27,33). The SMILES string of the molecule is NC(=O)C(O)C(Cc1ccccc1)NC(=O)c1cccnc1-n1ccc(CN2CCS(=O)(=O)CC2)n1. The fourth-order valence-corrected chi connectivity index (χ4v) is 5.29. The molecule has 3 aromatic rings. The molecular weight excluding hydrogens is 484 g/mol. The Morgan fingerprint density at radius 2 is 1.81 bits per heavy atom. The molecule has 11 nitrogen and oxygen atoms in total. The van der Waals surface area contributed by atoms with Gasteiger partial charge in [0.25, 0.3) is 5.91 Å². The molecule has 2 atom stereocenters. The number of sulfone groups is 1. The van der Waals surface area contributed by atoms with Gasteiger partial charge >= 0.3 is 0 Å². The number of aromatic nitrogens is 3. The molecule has 1 aliphatic heterocycles. The van der Waals surface area contributed by atoms with Crippen LogP contribution in [0.3, 0.4) is 0 Å². The minimum absolute atomic E-state index is 0.125. The summed E-state index contributed by atoms with van der Waals surface area (Å²) in [4.78, 5) is 31.3. The summed E-state index contributed by atoms with van der Waals surface area (Å²) in [5, 5.41) is 17.6. The average Bonchev–Trinajstić information content (AvgIpc) is 3.33. The molecule has 2 aromatic heterocycles. The van der Waals surface area contributed by atoms with Crippen LogP contribution in [-0.2, 0) is 27.6 Å². The number of aliphatic hydroxyl groups is 1. The summed E-state index contributed by atoms with van der Waals surface area (Å²) < 4.78 is 24.8. The van der Waals surface area contributed by atoms with Crippen LogP contribution in [0.2, 0.25) is 0 Å². The first kappa shape index (κ1) is 25.5. The van der Waals surface area contributed by atoms with E-state index in [1.54, 1.807) is 24.4 Å². The highest BCUT2D eigenvalue weighted by Crippen LogP contribution is 2.15. The molecule has 2 amide bonds. The van der Waals surface area contributed by atoms with E-state index in [0.717, 1.165) is 5.56 Å². The van der Waals surface area contributed by atoms with E-state index in [4.69, 9.17) is 5.73 Å². The molecule has 0 spiro atoms. The molecule has 1 aliphatic rings. The normalized spacial score (nSPS) is 17.2. The van der Waals surface area contributed by atoms with E-state index in [-0.39, 0.29) is 29.3 Å². The third-order valence-corrected chi connectivity index (χ3v) is 7.61. The van der Waals surface area contributed by atoms with Crippen molar-refractivity contribution in [3.05, 3.63) is 77.7 Å². The number of carbonyl (C=O) groups excluding carboxylic acids is 2. The quantitative estimate of drug-likeness (QED) is 0.352. The lowest BCUT2D eigenvalue weighted by molar-refractivity contribution is -0.127. The first-order chi connectivity index (χ1) is 17.2. The number of pyridine rings is 1. The number of nitrogens with one attached hydrogen (secondary N) is 1. The van der Waals surface area contributed by atoms with Crippen molar-refractivity contribution >= 4 is 21.7 Å². The number of hydrogen-bond donors (Lipinski definition) is 3. The molecule has 1 saturated heterocycles. The van der Waals surface area contributed by atoms with Gasteiger partial charge in [0.2, 0.25) is 5.91 Å². The Bertz CT molecular complexity index is 1310. The third kappa shape index (κ3) is 6.33. The highest BCUT2D eigenvalue weighted by molar-refractivity contribution is 7.91. The van der Waals surface area contributed by atoms with Gasteiger partial charge in [-0.2, -0.15) is 5.10 Å². The van der Waals surface area contributed by atoms with Crippen LogP contribution in [0.25, 0.3) is 5.82 Å². The van der Waals surface area contributed by atoms with Crippen molar-refractivity contribution in [3.63, 3.8) is 0 Å². The molecule has 2 unspecified atom stereocenters. The van der Waals surface area contributed by atoms with Crippen molar-refractivity contribution in [2.45, 2.75) is 25.1 Å². The molecule has 1 aromatic carbocycles. The minimum Gasteiger partial charge on any atom is -0.381 e. The van der Waals surface area contributed by atoms with E-state index in [2.05, 4.69) is 15.4 Å². The lowest BCUT2D eigenvalue weighted by atomic mass is 10.0. The second-order valence-electron chi connectivity index (χ2n) is 8.67. The lowest BCUT2D eigenvalue weighted by Gasteiger charge is -2.25. The first-order valence-corrected chi connectivity index (χ1v) is 13.3. The second-order valence-corrected chi connectivity index (χ2v) is 11.0. The van der Waals surface area contributed by atoms with Crippen LogP contribution < -0.4 is 11.1 Å². The summed E-state index contributed by atoms with van der Waals surface area (Å²) in [5.41, 5.74) is 7.04. The van der Waals surface area contributed by atoms with Crippen LogP contribution >= 0.6 is 0 Å². The Morgan fingerprint density at radius 3 is 2.50 bits per heavy atom. The number of benzene rings is 1. The van der Waals surface area contributed by atoms with Crippen LogP contribution in [0, 0.1) is 0 Å². The predicted molar refractivity (Wildman–Crippen MR) is 132 cm³/mol. The predicted octanol–water partition coefficient (Wildman–Crippen LogP) is -0.315. The first-order valence-electron chi connectivity index (χ1n) is 11.5. The van der Waals surface area contributed by atoms with Gasteiger partial charge in [0.1, 0.15) is 0 Å². The Kier molecular flexibility index (Phi) is 7.77. The van der Waals surface area contributed by atoms with Crippen molar-refractivity contribution in [2.75, 3.05) is 24.6 Å². The monoisotopic (exact) mass is 512 g/mol. The summed E-state index contributed by atoms with van der Waals surface area (Å²) in [6.45, 7) is 1.36. The maximum absolute atomic E-state index is 13.2. The van der Waals surface area contributed by atoms with E-state index in [9.17, 15) is 23.1 Å². The largest absolute Gasteiger partial charge is 0.381 e. The molecule has 0 bridgehead atoms. The van der Waals surface area contributed by atoms with Gasteiger partial charge < -0.3 is 16.2 Å². The van der Waals surface area contributed by atoms with Crippen LogP contribution in [0.4, 0.5) is 0 Å². The summed E-state index contributed by atoms with van der Waals surface area (Å²) in [6.07, 6.45) is 1.82. The molecule has 0 aliphatic carbocycles. The summed E-state index contributed by atoms with van der Waals surface area (Å²) in [5.74, 6) is -0.962. The van der Waals surface area contributed by atoms with Gasteiger partial charge in [-0.25, -0.2) is 18.1 Å². The smallest absolute Gasteiger partial charge is 0.255 e. The van der Waals surface area contributed by atoms with Crippen LogP contribution in [0.5, 0.6) is 0 Å². The average molecular weight is 513 g/mol. The number of amides is 2. The highest BCUT2D eigenvalue weighted by atomic mass is 32.2. The number of carbonyl (C=O) groups is 2. The highest BCUT2D eigenvalue weighted by Gasteiger charge is 2.28. The van der Waals surface area contributed by atoms with Crippen LogP contribution in [-0.4, -0.2) is 81.7 Å². The van der Waals surface area contributed by atoms with Gasteiger partial charge in [0.15, 0.2) is 21.8 Å². The van der Waals surface area contributed by atoms with Crippen molar-refractivity contribution in [1.29, 1.82) is 0 Å². The zero-order chi connectivity index (χ0) is 25.7. The van der Waals surface area contributed by atoms with Gasteiger partial charge in [-0.15, -0.1) is 0 Å². The second kappa shape index (κ2) is 11.0. The molecule has 1 fully saturated rings. The van der Waals surface area contributed by atoms with Crippen molar-refractivity contribution < 1.29 is 23.1 Å².